The predicted molar refractivity (Wildman–Crippen MR) is 88.5 cm³/mol. The molecule has 1 aliphatic carbocycles. The van der Waals surface area contributed by atoms with Crippen LogP contribution in [0.2, 0.25) is 0 Å². The number of carbonyl (C=O) groups is 1. The molecule has 0 bridgehead atoms. The summed E-state index contributed by atoms with van der Waals surface area (Å²) in [6, 6.07) is 8.30. The molecule has 124 valence electrons. The van der Waals surface area contributed by atoms with Gasteiger partial charge in [0, 0.05) is 37.0 Å². The maximum absolute atomic E-state index is 12.5. The summed E-state index contributed by atoms with van der Waals surface area (Å²) >= 11 is 0. The van der Waals surface area contributed by atoms with E-state index in [1.807, 2.05) is 23.1 Å². The van der Waals surface area contributed by atoms with Crippen LogP contribution in [0.5, 0.6) is 5.75 Å². The van der Waals surface area contributed by atoms with Crippen molar-refractivity contribution in [1.29, 1.82) is 0 Å². The summed E-state index contributed by atoms with van der Waals surface area (Å²) in [5.74, 6) is 1.28. The molecule has 1 spiro atoms. The van der Waals surface area contributed by atoms with Gasteiger partial charge in [0.05, 0.1) is 6.61 Å². The van der Waals surface area contributed by atoms with E-state index in [2.05, 4.69) is 11.4 Å². The average molecular weight is 315 g/mol. The van der Waals surface area contributed by atoms with Gasteiger partial charge in [-0.25, -0.2) is 4.79 Å². The third-order valence-electron chi connectivity index (χ3n) is 5.93. The normalized spacial score (nSPS) is 28.0. The molecule has 2 fully saturated rings. The van der Waals surface area contributed by atoms with Crippen molar-refractivity contribution in [1.82, 2.24) is 10.2 Å². The van der Waals surface area contributed by atoms with Crippen molar-refractivity contribution in [3.05, 3.63) is 29.8 Å². The van der Waals surface area contributed by atoms with Crippen LogP contribution in [0.3, 0.4) is 0 Å². The maximum Gasteiger partial charge on any atom is 0.317 e. The minimum Gasteiger partial charge on any atom is -0.493 e. The van der Waals surface area contributed by atoms with Crippen molar-refractivity contribution in [3.8, 4) is 5.75 Å². The summed E-state index contributed by atoms with van der Waals surface area (Å²) in [4.78, 5) is 14.4. The second-order valence-corrected chi connectivity index (χ2v) is 7.26. The Morgan fingerprint density at radius 2 is 2.22 bits per heavy atom. The molecule has 3 aliphatic rings. The van der Waals surface area contributed by atoms with Gasteiger partial charge in [-0.3, -0.25) is 0 Å². The highest BCUT2D eigenvalue weighted by Gasteiger charge is 2.49. The molecule has 3 N–H and O–H groups in total. The smallest absolute Gasteiger partial charge is 0.317 e. The Morgan fingerprint density at radius 3 is 2.96 bits per heavy atom. The van der Waals surface area contributed by atoms with Crippen molar-refractivity contribution < 1.29 is 9.53 Å². The first-order chi connectivity index (χ1) is 11.2. The second-order valence-electron chi connectivity index (χ2n) is 7.26. The quantitative estimate of drug-likeness (QED) is 0.878. The van der Waals surface area contributed by atoms with Crippen LogP contribution in [0.25, 0.3) is 0 Å². The number of likely N-dealkylation sites (tertiary alicyclic amines) is 1. The molecule has 2 amide bonds. The van der Waals surface area contributed by atoms with Gasteiger partial charge in [-0.1, -0.05) is 24.6 Å². The van der Waals surface area contributed by atoms with E-state index < -0.39 is 0 Å². The third kappa shape index (κ3) is 2.57. The van der Waals surface area contributed by atoms with Gasteiger partial charge in [-0.15, -0.1) is 0 Å². The Morgan fingerprint density at radius 1 is 1.39 bits per heavy atom. The number of nitrogens with zero attached hydrogens (tertiary/aromatic N) is 1. The Balaban J connectivity index is 1.36. The topological polar surface area (TPSA) is 67.6 Å². The number of nitrogens with two attached hydrogens (primary N) is 1. The Kier molecular flexibility index (Phi) is 3.68. The van der Waals surface area contributed by atoms with Crippen LogP contribution in [0.4, 0.5) is 4.79 Å². The standard InChI is InChI=1S/C18H25N3O2/c19-16-11-21(12-18(16)7-3-8-18)17(22)20-10-13-6-9-23-15-5-2-1-4-14(13)15/h1-2,4-5,13,16H,3,6-12,19H2,(H,20,22). The zero-order valence-electron chi connectivity index (χ0n) is 13.5. The van der Waals surface area contributed by atoms with E-state index in [1.165, 1.54) is 24.8 Å². The molecule has 0 aromatic heterocycles. The second kappa shape index (κ2) is 5.71. The first kappa shape index (κ1) is 14.8. The van der Waals surface area contributed by atoms with E-state index in [0.717, 1.165) is 25.3 Å². The molecule has 1 saturated heterocycles. The number of amides is 2. The molecular formula is C18H25N3O2. The average Bonchev–Trinajstić information content (AvgIpc) is 2.90. The molecule has 2 atom stereocenters. The highest BCUT2D eigenvalue weighted by Crippen LogP contribution is 2.47. The molecule has 1 aromatic rings. The molecule has 2 heterocycles. The lowest BCUT2D eigenvalue weighted by atomic mass is 9.66. The molecule has 23 heavy (non-hydrogen) atoms. The molecule has 5 nitrogen and oxygen atoms in total. The number of hydrogen-bond acceptors (Lipinski definition) is 3. The van der Waals surface area contributed by atoms with Crippen LogP contribution in [-0.4, -0.2) is 43.2 Å². The van der Waals surface area contributed by atoms with E-state index >= 15 is 0 Å². The molecule has 4 rings (SSSR count). The molecule has 1 saturated carbocycles. The number of para-hydroxylation sites is 1. The van der Waals surface area contributed by atoms with Crippen LogP contribution in [0.1, 0.15) is 37.2 Å². The fraction of sp³-hybridized carbons (Fsp3) is 0.611. The van der Waals surface area contributed by atoms with Gasteiger partial charge >= 0.3 is 6.03 Å². The minimum atomic E-state index is 0.0354. The molecular weight excluding hydrogens is 290 g/mol. The van der Waals surface area contributed by atoms with E-state index in [9.17, 15) is 4.79 Å². The molecule has 2 unspecified atom stereocenters. The van der Waals surface area contributed by atoms with Gasteiger partial charge in [-0.05, 0) is 30.9 Å². The van der Waals surface area contributed by atoms with Crippen LogP contribution >= 0.6 is 0 Å². The highest BCUT2D eigenvalue weighted by atomic mass is 16.5. The fourth-order valence-electron chi connectivity index (χ4n) is 4.26. The zero-order chi connectivity index (χ0) is 15.9. The van der Waals surface area contributed by atoms with E-state index in [-0.39, 0.29) is 17.5 Å². The number of nitrogens with one attached hydrogen (secondary N) is 1. The van der Waals surface area contributed by atoms with Crippen molar-refractivity contribution in [3.63, 3.8) is 0 Å². The molecule has 5 heteroatoms. The summed E-state index contributed by atoms with van der Waals surface area (Å²) in [5, 5.41) is 3.12. The van der Waals surface area contributed by atoms with Gasteiger partial charge in [0.25, 0.3) is 0 Å². The minimum absolute atomic E-state index is 0.0354. The number of hydrogen-bond donors (Lipinski definition) is 2. The van der Waals surface area contributed by atoms with Crippen molar-refractivity contribution >= 4 is 6.03 Å². The van der Waals surface area contributed by atoms with Gasteiger partial charge in [-0.2, -0.15) is 0 Å². The number of carbonyl (C=O) groups excluding carboxylic acids is 1. The van der Waals surface area contributed by atoms with Gasteiger partial charge in [0.1, 0.15) is 5.75 Å². The fourth-order valence-corrected chi connectivity index (χ4v) is 4.26. The lowest BCUT2D eigenvalue weighted by Crippen LogP contribution is -2.45. The number of ether oxygens (including phenoxy) is 1. The monoisotopic (exact) mass is 315 g/mol. The SMILES string of the molecule is NC1CN(C(=O)NCC2CCOc3ccccc32)CC12CCC2. The number of rotatable bonds is 2. The number of urea groups is 1. The first-order valence-electron chi connectivity index (χ1n) is 8.68. The summed E-state index contributed by atoms with van der Waals surface area (Å²) in [5.41, 5.74) is 7.68. The van der Waals surface area contributed by atoms with E-state index in [1.54, 1.807) is 0 Å². The van der Waals surface area contributed by atoms with Gasteiger partial charge < -0.3 is 20.7 Å². The van der Waals surface area contributed by atoms with Crippen molar-refractivity contribution in [2.75, 3.05) is 26.2 Å². The summed E-state index contributed by atoms with van der Waals surface area (Å²) < 4.78 is 5.68. The van der Waals surface area contributed by atoms with Gasteiger partial charge in [0.15, 0.2) is 0 Å². The summed E-state index contributed by atoms with van der Waals surface area (Å²) in [6.07, 6.45) is 4.54. The Labute approximate surface area is 137 Å². The van der Waals surface area contributed by atoms with Gasteiger partial charge in [0.2, 0.25) is 0 Å². The first-order valence-corrected chi connectivity index (χ1v) is 8.68. The Bertz CT molecular complexity index is 600. The van der Waals surface area contributed by atoms with E-state index in [0.29, 0.717) is 19.0 Å². The summed E-state index contributed by atoms with van der Waals surface area (Å²) in [7, 11) is 0. The zero-order valence-corrected chi connectivity index (χ0v) is 13.5. The number of benzene rings is 1. The number of fused-ring (bicyclic) bond motifs is 1. The predicted octanol–water partition coefficient (Wildman–Crippen LogP) is 2.08. The highest BCUT2D eigenvalue weighted by molar-refractivity contribution is 5.75. The van der Waals surface area contributed by atoms with Crippen LogP contribution < -0.4 is 15.8 Å². The van der Waals surface area contributed by atoms with Crippen molar-refractivity contribution in [2.24, 2.45) is 11.1 Å². The maximum atomic E-state index is 12.5. The van der Waals surface area contributed by atoms with Crippen molar-refractivity contribution in [2.45, 2.75) is 37.6 Å². The lowest BCUT2D eigenvalue weighted by Gasteiger charge is -2.41. The molecule has 1 aromatic carbocycles. The molecule has 2 aliphatic heterocycles. The third-order valence-corrected chi connectivity index (χ3v) is 5.93. The van der Waals surface area contributed by atoms with Crippen LogP contribution in [-0.2, 0) is 0 Å². The lowest BCUT2D eigenvalue weighted by molar-refractivity contribution is 0.125. The summed E-state index contributed by atoms with van der Waals surface area (Å²) in [6.45, 7) is 2.90. The molecule has 0 radical (unpaired) electrons. The van der Waals surface area contributed by atoms with Crippen LogP contribution in [0, 0.1) is 5.41 Å². The largest absolute Gasteiger partial charge is 0.493 e. The van der Waals surface area contributed by atoms with Crippen LogP contribution in [0.15, 0.2) is 24.3 Å². The van der Waals surface area contributed by atoms with E-state index in [4.69, 9.17) is 10.5 Å². The Hall–Kier alpha value is -1.75.